The molecular formula is C11H10N. The Balaban J connectivity index is 2.52. The van der Waals surface area contributed by atoms with Gasteiger partial charge in [-0.15, -0.1) is 6.58 Å². The minimum absolute atomic E-state index is 0.926. The topological polar surface area (TPSA) is 15.8 Å². The van der Waals surface area contributed by atoms with Crippen LogP contribution in [0, 0.1) is 6.07 Å². The average Bonchev–Trinajstić information content (AvgIpc) is 2.51. The molecule has 0 atom stereocenters. The fraction of sp³-hybridized carbons (Fsp3) is 0.0909. The monoisotopic (exact) mass is 156 g/mol. The fourth-order valence-corrected chi connectivity index (χ4v) is 1.32. The number of hydrogen-bond acceptors (Lipinski definition) is 0. The lowest BCUT2D eigenvalue weighted by atomic mass is 10.1. The van der Waals surface area contributed by atoms with Crippen molar-refractivity contribution in [2.24, 2.45) is 0 Å². The maximum Gasteiger partial charge on any atom is 0.0463 e. The largest absolute Gasteiger partial charge is 0.361 e. The van der Waals surface area contributed by atoms with Gasteiger partial charge in [-0.3, -0.25) is 0 Å². The highest BCUT2D eigenvalue weighted by Gasteiger charge is 1.94. The van der Waals surface area contributed by atoms with E-state index >= 15 is 0 Å². The lowest BCUT2D eigenvalue weighted by Gasteiger charge is -1.95. The van der Waals surface area contributed by atoms with Crippen molar-refractivity contribution < 1.29 is 0 Å². The quantitative estimate of drug-likeness (QED) is 0.643. The van der Waals surface area contributed by atoms with Crippen LogP contribution < -0.4 is 0 Å². The third-order valence-corrected chi connectivity index (χ3v) is 1.92. The summed E-state index contributed by atoms with van der Waals surface area (Å²) in [4.78, 5) is 3.13. The van der Waals surface area contributed by atoms with E-state index in [-0.39, 0.29) is 0 Å². The maximum absolute atomic E-state index is 3.71. The van der Waals surface area contributed by atoms with E-state index < -0.39 is 0 Å². The fourth-order valence-electron chi connectivity index (χ4n) is 1.32. The number of rotatable bonds is 2. The van der Waals surface area contributed by atoms with Gasteiger partial charge in [0, 0.05) is 23.2 Å². The van der Waals surface area contributed by atoms with Crippen molar-refractivity contribution >= 4 is 10.9 Å². The van der Waals surface area contributed by atoms with Crippen LogP contribution >= 0.6 is 0 Å². The molecule has 1 radical (unpaired) electrons. The molecule has 2 aromatic rings. The molecule has 1 aromatic heterocycles. The smallest absolute Gasteiger partial charge is 0.0463 e. The summed E-state index contributed by atoms with van der Waals surface area (Å²) < 4.78 is 0. The van der Waals surface area contributed by atoms with Crippen molar-refractivity contribution in [3.8, 4) is 0 Å². The molecule has 0 spiro atoms. The Bertz CT molecular complexity index is 398. The second-order valence-electron chi connectivity index (χ2n) is 2.81. The molecular weight excluding hydrogens is 146 g/mol. The minimum atomic E-state index is 0.926. The zero-order chi connectivity index (χ0) is 8.39. The van der Waals surface area contributed by atoms with Gasteiger partial charge < -0.3 is 4.98 Å². The van der Waals surface area contributed by atoms with Crippen LogP contribution in [-0.2, 0) is 6.42 Å². The van der Waals surface area contributed by atoms with Crippen LogP contribution in [0.25, 0.3) is 10.9 Å². The maximum atomic E-state index is 3.71. The zero-order valence-corrected chi connectivity index (χ0v) is 6.80. The van der Waals surface area contributed by atoms with Gasteiger partial charge in [-0.1, -0.05) is 18.2 Å². The Morgan fingerprint density at radius 1 is 1.50 bits per heavy atom. The van der Waals surface area contributed by atoms with E-state index in [0.717, 1.165) is 17.3 Å². The molecule has 0 unspecified atom stereocenters. The van der Waals surface area contributed by atoms with Crippen LogP contribution in [0.5, 0.6) is 0 Å². The number of allylic oxidation sites excluding steroid dienone is 1. The Kier molecular flexibility index (Phi) is 1.71. The van der Waals surface area contributed by atoms with Gasteiger partial charge in [-0.05, 0) is 18.1 Å². The Labute approximate surface area is 71.7 Å². The van der Waals surface area contributed by atoms with Crippen molar-refractivity contribution in [1.82, 2.24) is 4.98 Å². The summed E-state index contributed by atoms with van der Waals surface area (Å²) in [5.74, 6) is 0. The molecule has 0 saturated heterocycles. The van der Waals surface area contributed by atoms with Crippen molar-refractivity contribution in [2.75, 3.05) is 0 Å². The third kappa shape index (κ3) is 1.14. The van der Waals surface area contributed by atoms with E-state index in [0.29, 0.717) is 0 Å². The summed E-state index contributed by atoms with van der Waals surface area (Å²) in [5, 5.41) is 1.14. The van der Waals surface area contributed by atoms with Crippen molar-refractivity contribution in [3.63, 3.8) is 0 Å². The average molecular weight is 156 g/mol. The van der Waals surface area contributed by atoms with Gasteiger partial charge in [0.25, 0.3) is 0 Å². The van der Waals surface area contributed by atoms with Crippen LogP contribution in [0.3, 0.4) is 0 Å². The number of aromatic amines is 1. The number of H-pyrrole nitrogens is 1. The van der Waals surface area contributed by atoms with Crippen LogP contribution in [-0.4, -0.2) is 4.98 Å². The van der Waals surface area contributed by atoms with Crippen molar-refractivity contribution in [2.45, 2.75) is 6.42 Å². The van der Waals surface area contributed by atoms with Gasteiger partial charge in [0.15, 0.2) is 0 Å². The Hall–Kier alpha value is -1.50. The van der Waals surface area contributed by atoms with E-state index in [2.05, 4.69) is 35.8 Å². The highest BCUT2D eigenvalue weighted by Crippen LogP contribution is 2.13. The molecule has 0 aliphatic carbocycles. The normalized spacial score (nSPS) is 10.3. The van der Waals surface area contributed by atoms with E-state index in [1.54, 1.807) is 0 Å². The molecule has 1 heteroatoms. The van der Waals surface area contributed by atoms with Crippen LogP contribution in [0.2, 0.25) is 0 Å². The van der Waals surface area contributed by atoms with Gasteiger partial charge in [0.2, 0.25) is 0 Å². The molecule has 1 nitrogen and oxygen atoms in total. The lowest BCUT2D eigenvalue weighted by molar-refractivity contribution is 1.28. The SMILES string of the molecule is C=CCc1ccc2[c]c[nH]c2c1. The molecule has 0 saturated carbocycles. The Morgan fingerprint density at radius 3 is 3.25 bits per heavy atom. The third-order valence-electron chi connectivity index (χ3n) is 1.92. The molecule has 0 bridgehead atoms. The first kappa shape index (κ1) is 7.17. The highest BCUT2D eigenvalue weighted by molar-refractivity contribution is 5.79. The molecule has 59 valence electrons. The molecule has 1 aromatic carbocycles. The van der Waals surface area contributed by atoms with E-state index in [4.69, 9.17) is 0 Å². The number of benzene rings is 1. The summed E-state index contributed by atoms with van der Waals surface area (Å²) in [5.41, 5.74) is 2.43. The number of fused-ring (bicyclic) bond motifs is 1. The van der Waals surface area contributed by atoms with Gasteiger partial charge in [0.1, 0.15) is 0 Å². The number of hydrogen-bond donors (Lipinski definition) is 1. The van der Waals surface area contributed by atoms with Gasteiger partial charge in [-0.25, -0.2) is 0 Å². The molecule has 0 amide bonds. The molecule has 0 fully saturated rings. The summed E-state index contributed by atoms with van der Waals surface area (Å²) >= 11 is 0. The van der Waals surface area contributed by atoms with E-state index in [1.165, 1.54) is 5.56 Å². The summed E-state index contributed by atoms with van der Waals surface area (Å²) in [7, 11) is 0. The van der Waals surface area contributed by atoms with Gasteiger partial charge in [-0.2, -0.15) is 0 Å². The standard InChI is InChI=1S/C11H10N/c1-2-3-9-4-5-10-6-7-12-11(10)8-9/h2,4-5,7-8,12H,1,3H2. The predicted molar refractivity (Wildman–Crippen MR) is 51.0 cm³/mol. The number of nitrogens with one attached hydrogen (secondary N) is 1. The first-order valence-corrected chi connectivity index (χ1v) is 3.99. The first-order chi connectivity index (χ1) is 5.90. The van der Waals surface area contributed by atoms with Crippen LogP contribution in [0.1, 0.15) is 5.56 Å². The molecule has 0 aliphatic heterocycles. The molecule has 1 heterocycles. The summed E-state index contributed by atoms with van der Waals surface area (Å²) in [6.07, 6.45) is 4.67. The molecule has 2 rings (SSSR count). The highest BCUT2D eigenvalue weighted by atomic mass is 14.7. The second-order valence-corrected chi connectivity index (χ2v) is 2.81. The first-order valence-electron chi connectivity index (χ1n) is 3.99. The number of aromatic nitrogens is 1. The minimum Gasteiger partial charge on any atom is -0.361 e. The predicted octanol–water partition coefficient (Wildman–Crippen LogP) is 2.70. The summed E-state index contributed by atoms with van der Waals surface area (Å²) in [6, 6.07) is 9.42. The van der Waals surface area contributed by atoms with E-state index in [9.17, 15) is 0 Å². The lowest BCUT2D eigenvalue weighted by Crippen LogP contribution is -1.79. The summed E-state index contributed by atoms with van der Waals surface area (Å²) in [6.45, 7) is 3.71. The van der Waals surface area contributed by atoms with Crippen molar-refractivity contribution in [1.29, 1.82) is 0 Å². The van der Waals surface area contributed by atoms with Gasteiger partial charge >= 0.3 is 0 Å². The van der Waals surface area contributed by atoms with Crippen molar-refractivity contribution in [3.05, 3.63) is 48.7 Å². The molecule has 12 heavy (non-hydrogen) atoms. The molecule has 1 N–H and O–H groups in total. The van der Waals surface area contributed by atoms with Gasteiger partial charge in [0.05, 0.1) is 0 Å². The van der Waals surface area contributed by atoms with Crippen LogP contribution in [0.15, 0.2) is 37.1 Å². The second kappa shape index (κ2) is 2.86. The van der Waals surface area contributed by atoms with E-state index in [1.807, 2.05) is 12.3 Å². The Morgan fingerprint density at radius 2 is 2.42 bits per heavy atom. The molecule has 0 aliphatic rings. The zero-order valence-electron chi connectivity index (χ0n) is 6.80. The van der Waals surface area contributed by atoms with Crippen LogP contribution in [0.4, 0.5) is 0 Å².